The van der Waals surface area contributed by atoms with Gasteiger partial charge in [0.1, 0.15) is 0 Å². The molecule has 0 spiro atoms. The molecule has 2 aromatic rings. The zero-order valence-corrected chi connectivity index (χ0v) is 13.1. The van der Waals surface area contributed by atoms with E-state index in [9.17, 15) is 8.78 Å². The van der Waals surface area contributed by atoms with Crippen molar-refractivity contribution >= 4 is 27.5 Å². The van der Waals surface area contributed by atoms with Crippen LogP contribution in [0.4, 0.5) is 8.78 Å². The van der Waals surface area contributed by atoms with Crippen molar-refractivity contribution in [2.24, 2.45) is 0 Å². The first kappa shape index (κ1) is 15.4. The number of hydrogen-bond acceptors (Lipinski definition) is 1. The van der Waals surface area contributed by atoms with Crippen LogP contribution in [-0.4, -0.2) is 7.05 Å². The molecule has 1 atom stereocenters. The van der Waals surface area contributed by atoms with Gasteiger partial charge in [0.05, 0.1) is 5.02 Å². The van der Waals surface area contributed by atoms with E-state index in [0.717, 1.165) is 21.7 Å². The van der Waals surface area contributed by atoms with Crippen molar-refractivity contribution < 1.29 is 8.78 Å². The van der Waals surface area contributed by atoms with Crippen LogP contribution in [0.1, 0.15) is 17.2 Å². The zero-order chi connectivity index (χ0) is 14.7. The Morgan fingerprint density at radius 2 is 1.90 bits per heavy atom. The minimum atomic E-state index is -0.832. The van der Waals surface area contributed by atoms with E-state index in [4.69, 9.17) is 11.6 Å². The Morgan fingerprint density at radius 3 is 2.50 bits per heavy atom. The van der Waals surface area contributed by atoms with Crippen LogP contribution in [0.25, 0.3) is 0 Å². The van der Waals surface area contributed by atoms with Gasteiger partial charge < -0.3 is 5.32 Å². The molecule has 0 radical (unpaired) electrons. The van der Waals surface area contributed by atoms with Crippen molar-refractivity contribution in [3.8, 4) is 0 Å². The predicted octanol–water partition coefficient (Wildman–Crippen LogP) is 4.88. The number of hydrogen-bond donors (Lipinski definition) is 1. The van der Waals surface area contributed by atoms with E-state index >= 15 is 0 Å². The molecule has 0 amide bonds. The lowest BCUT2D eigenvalue weighted by Gasteiger charge is -2.17. The molecule has 1 unspecified atom stereocenters. The maximum absolute atomic E-state index is 13.2. The fourth-order valence-corrected chi connectivity index (χ4v) is 2.45. The van der Waals surface area contributed by atoms with Crippen molar-refractivity contribution in [3.05, 3.63) is 68.7 Å². The smallest absolute Gasteiger partial charge is 0.159 e. The van der Waals surface area contributed by atoms with E-state index in [1.54, 1.807) is 6.07 Å². The standard InChI is InChI=1S/C15H13BrClF2N/c1-20-15(10-3-4-11(16)12(17)8-10)7-9-2-5-13(18)14(19)6-9/h2-6,8,15,20H,7H2,1H3. The summed E-state index contributed by atoms with van der Waals surface area (Å²) in [6.45, 7) is 0. The van der Waals surface area contributed by atoms with Crippen LogP contribution >= 0.6 is 27.5 Å². The van der Waals surface area contributed by atoms with Gasteiger partial charge in [-0.1, -0.05) is 23.7 Å². The molecule has 1 N–H and O–H groups in total. The summed E-state index contributed by atoms with van der Waals surface area (Å²) in [4.78, 5) is 0. The van der Waals surface area contributed by atoms with Gasteiger partial charge in [-0.3, -0.25) is 0 Å². The molecule has 0 aliphatic heterocycles. The van der Waals surface area contributed by atoms with Crippen LogP contribution < -0.4 is 5.32 Å². The summed E-state index contributed by atoms with van der Waals surface area (Å²) in [5.41, 5.74) is 1.72. The molecule has 20 heavy (non-hydrogen) atoms. The second kappa shape index (κ2) is 6.66. The van der Waals surface area contributed by atoms with Gasteiger partial charge in [-0.25, -0.2) is 8.78 Å². The highest BCUT2D eigenvalue weighted by Crippen LogP contribution is 2.27. The van der Waals surface area contributed by atoms with Crippen molar-refractivity contribution in [1.29, 1.82) is 0 Å². The number of benzene rings is 2. The van der Waals surface area contributed by atoms with Gasteiger partial charge in [0.2, 0.25) is 0 Å². The topological polar surface area (TPSA) is 12.0 Å². The maximum atomic E-state index is 13.2. The molecule has 0 saturated heterocycles. The largest absolute Gasteiger partial charge is 0.313 e. The average Bonchev–Trinajstić information content (AvgIpc) is 2.43. The molecule has 0 aromatic heterocycles. The average molecular weight is 361 g/mol. The van der Waals surface area contributed by atoms with Crippen LogP contribution in [-0.2, 0) is 6.42 Å². The third-order valence-corrected chi connectivity index (χ3v) is 4.35. The lowest BCUT2D eigenvalue weighted by molar-refractivity contribution is 0.504. The van der Waals surface area contributed by atoms with E-state index in [-0.39, 0.29) is 6.04 Å². The van der Waals surface area contributed by atoms with Gasteiger partial charge in [0.25, 0.3) is 0 Å². The quantitative estimate of drug-likeness (QED) is 0.819. The molecule has 1 nitrogen and oxygen atoms in total. The van der Waals surface area contributed by atoms with Crippen molar-refractivity contribution in [2.75, 3.05) is 7.05 Å². The molecule has 0 bridgehead atoms. The minimum absolute atomic E-state index is 0.0227. The Labute approximate surface area is 130 Å². The summed E-state index contributed by atoms with van der Waals surface area (Å²) >= 11 is 9.42. The lowest BCUT2D eigenvalue weighted by Crippen LogP contribution is -2.19. The first-order chi connectivity index (χ1) is 9.51. The van der Waals surface area contributed by atoms with Crippen LogP contribution in [0.5, 0.6) is 0 Å². The molecule has 0 saturated carbocycles. The SMILES string of the molecule is CNC(Cc1ccc(F)c(F)c1)c1ccc(Br)c(Cl)c1. The highest BCUT2D eigenvalue weighted by atomic mass is 79.9. The van der Waals surface area contributed by atoms with Crippen molar-refractivity contribution in [3.63, 3.8) is 0 Å². The summed E-state index contributed by atoms with van der Waals surface area (Å²) < 4.78 is 27.0. The summed E-state index contributed by atoms with van der Waals surface area (Å²) in [6.07, 6.45) is 0.547. The molecule has 2 rings (SSSR count). The summed E-state index contributed by atoms with van der Waals surface area (Å²) in [6, 6.07) is 9.59. The Hall–Kier alpha value is -0.970. The van der Waals surface area contributed by atoms with E-state index in [2.05, 4.69) is 21.2 Å². The number of halogens is 4. The van der Waals surface area contributed by atoms with Gasteiger partial charge in [-0.15, -0.1) is 0 Å². The zero-order valence-electron chi connectivity index (χ0n) is 10.8. The van der Waals surface area contributed by atoms with E-state index in [1.807, 2.05) is 25.2 Å². The van der Waals surface area contributed by atoms with Crippen molar-refractivity contribution in [1.82, 2.24) is 5.32 Å². The van der Waals surface area contributed by atoms with E-state index in [0.29, 0.717) is 11.4 Å². The number of nitrogens with one attached hydrogen (secondary N) is 1. The fraction of sp³-hybridized carbons (Fsp3) is 0.200. The molecule has 0 aliphatic carbocycles. The highest BCUT2D eigenvalue weighted by Gasteiger charge is 2.13. The lowest BCUT2D eigenvalue weighted by atomic mass is 9.99. The van der Waals surface area contributed by atoms with Crippen LogP contribution in [0, 0.1) is 11.6 Å². The molecular weight excluding hydrogens is 348 g/mol. The summed E-state index contributed by atoms with van der Waals surface area (Å²) in [5, 5.41) is 3.78. The first-order valence-corrected chi connectivity index (χ1v) is 7.24. The van der Waals surface area contributed by atoms with Crippen LogP contribution in [0.15, 0.2) is 40.9 Å². The molecule has 5 heteroatoms. The molecule has 106 valence electrons. The predicted molar refractivity (Wildman–Crippen MR) is 81.0 cm³/mol. The molecule has 0 fully saturated rings. The Bertz CT molecular complexity index is 619. The fourth-order valence-electron chi connectivity index (χ4n) is 2.02. The second-order valence-electron chi connectivity index (χ2n) is 4.47. The number of likely N-dealkylation sites (N-methyl/N-ethyl adjacent to an activating group) is 1. The van der Waals surface area contributed by atoms with Gasteiger partial charge in [0.15, 0.2) is 11.6 Å². The summed E-state index contributed by atoms with van der Waals surface area (Å²) in [5.74, 6) is -1.66. The van der Waals surface area contributed by atoms with Crippen LogP contribution in [0.2, 0.25) is 5.02 Å². The Kier molecular flexibility index (Phi) is 5.13. The third-order valence-electron chi connectivity index (χ3n) is 3.12. The monoisotopic (exact) mass is 359 g/mol. The van der Waals surface area contributed by atoms with Crippen LogP contribution in [0.3, 0.4) is 0 Å². The van der Waals surface area contributed by atoms with E-state index in [1.165, 1.54) is 6.07 Å². The molecule has 0 heterocycles. The third kappa shape index (κ3) is 3.57. The molecule has 0 aliphatic rings. The van der Waals surface area contributed by atoms with E-state index < -0.39 is 11.6 Å². The Balaban J connectivity index is 2.23. The minimum Gasteiger partial charge on any atom is -0.313 e. The molecular formula is C15H13BrClF2N. The Morgan fingerprint density at radius 1 is 1.15 bits per heavy atom. The van der Waals surface area contributed by atoms with Gasteiger partial charge in [0, 0.05) is 10.5 Å². The van der Waals surface area contributed by atoms with Gasteiger partial charge in [-0.2, -0.15) is 0 Å². The first-order valence-electron chi connectivity index (χ1n) is 6.07. The molecule has 2 aromatic carbocycles. The highest BCUT2D eigenvalue weighted by molar-refractivity contribution is 9.10. The van der Waals surface area contributed by atoms with Gasteiger partial charge in [-0.05, 0) is 64.8 Å². The number of rotatable bonds is 4. The van der Waals surface area contributed by atoms with Gasteiger partial charge >= 0.3 is 0 Å². The second-order valence-corrected chi connectivity index (χ2v) is 5.73. The summed E-state index contributed by atoms with van der Waals surface area (Å²) in [7, 11) is 1.82. The van der Waals surface area contributed by atoms with Crippen molar-refractivity contribution in [2.45, 2.75) is 12.5 Å². The normalized spacial score (nSPS) is 12.4. The maximum Gasteiger partial charge on any atom is 0.159 e.